The van der Waals surface area contributed by atoms with Crippen LogP contribution in [0.4, 0.5) is 0 Å². The van der Waals surface area contributed by atoms with Crippen molar-refractivity contribution in [3.63, 3.8) is 0 Å². The molecule has 3 rings (SSSR count). The minimum Gasteiger partial charge on any atom is -0.340 e. The maximum Gasteiger partial charge on any atom is 0.248 e. The molecule has 0 aromatic heterocycles. The summed E-state index contributed by atoms with van der Waals surface area (Å²) in [6, 6.07) is 6.46. The zero-order valence-electron chi connectivity index (χ0n) is 12.7. The number of amides is 2. The highest BCUT2D eigenvalue weighted by Gasteiger charge is 2.41. The Labute approximate surface area is 125 Å². The lowest BCUT2D eigenvalue weighted by molar-refractivity contribution is -0.149. The molecule has 1 fully saturated rings. The second kappa shape index (κ2) is 5.17. The van der Waals surface area contributed by atoms with Crippen molar-refractivity contribution in [3.8, 4) is 0 Å². The van der Waals surface area contributed by atoms with Crippen LogP contribution in [0.15, 0.2) is 18.2 Å². The molecule has 0 radical (unpaired) electrons. The maximum absolute atomic E-state index is 12.6. The standard InChI is InChI=1S/C17H22N2O2/c1-3-17(2)16(21)19(11-15(20)18-17)10-12-7-8-13-5-4-6-14(13)9-12/h7-9H,3-6,10-11H2,1-2H3,(H,18,20). The molecule has 1 unspecified atom stereocenters. The number of hydrogen-bond donors (Lipinski definition) is 1. The first-order chi connectivity index (χ1) is 10.0. The van der Waals surface area contributed by atoms with Gasteiger partial charge in [-0.15, -0.1) is 0 Å². The van der Waals surface area contributed by atoms with Gasteiger partial charge in [0.1, 0.15) is 5.54 Å². The molecule has 2 aliphatic rings. The third kappa shape index (κ3) is 2.55. The third-order valence-corrected chi connectivity index (χ3v) is 4.75. The molecule has 4 nitrogen and oxygen atoms in total. The zero-order chi connectivity index (χ0) is 15.0. The van der Waals surface area contributed by atoms with Gasteiger partial charge < -0.3 is 10.2 Å². The molecule has 0 spiro atoms. The van der Waals surface area contributed by atoms with Crippen molar-refractivity contribution in [2.75, 3.05) is 6.54 Å². The number of hydrogen-bond acceptors (Lipinski definition) is 2. The van der Waals surface area contributed by atoms with Gasteiger partial charge in [-0.25, -0.2) is 0 Å². The van der Waals surface area contributed by atoms with E-state index < -0.39 is 5.54 Å². The van der Waals surface area contributed by atoms with Gasteiger partial charge in [-0.3, -0.25) is 9.59 Å². The Bertz CT molecular complexity index is 596. The molecule has 2 amide bonds. The number of piperazine rings is 1. The zero-order valence-corrected chi connectivity index (χ0v) is 12.7. The Morgan fingerprint density at radius 2 is 2.00 bits per heavy atom. The number of carbonyl (C=O) groups excluding carboxylic acids is 2. The van der Waals surface area contributed by atoms with E-state index in [0.29, 0.717) is 13.0 Å². The molecule has 0 bridgehead atoms. The highest BCUT2D eigenvalue weighted by Crippen LogP contribution is 2.25. The summed E-state index contributed by atoms with van der Waals surface area (Å²) in [5, 5.41) is 2.82. The molecule has 1 saturated heterocycles. The summed E-state index contributed by atoms with van der Waals surface area (Å²) in [5.74, 6) is -0.0507. The highest BCUT2D eigenvalue weighted by atomic mass is 16.2. The van der Waals surface area contributed by atoms with Crippen LogP contribution in [0.2, 0.25) is 0 Å². The summed E-state index contributed by atoms with van der Waals surface area (Å²) in [7, 11) is 0. The van der Waals surface area contributed by atoms with E-state index in [0.717, 1.165) is 18.4 Å². The highest BCUT2D eigenvalue weighted by molar-refractivity contribution is 5.97. The van der Waals surface area contributed by atoms with Crippen LogP contribution in [0.1, 0.15) is 43.4 Å². The lowest BCUT2D eigenvalue weighted by Crippen LogP contribution is -2.64. The Kier molecular flexibility index (Phi) is 3.47. The number of aryl methyl sites for hydroxylation is 2. The maximum atomic E-state index is 12.6. The molecule has 1 aliphatic carbocycles. The lowest BCUT2D eigenvalue weighted by Gasteiger charge is -2.39. The summed E-state index contributed by atoms with van der Waals surface area (Å²) < 4.78 is 0. The van der Waals surface area contributed by atoms with Crippen molar-refractivity contribution >= 4 is 11.8 Å². The Balaban J connectivity index is 1.80. The van der Waals surface area contributed by atoms with Gasteiger partial charge in [0.2, 0.25) is 11.8 Å². The first-order valence-corrected chi connectivity index (χ1v) is 7.73. The van der Waals surface area contributed by atoms with Crippen molar-refractivity contribution in [2.24, 2.45) is 0 Å². The van der Waals surface area contributed by atoms with Crippen LogP contribution < -0.4 is 5.32 Å². The largest absolute Gasteiger partial charge is 0.340 e. The predicted octanol–water partition coefficient (Wildman–Crippen LogP) is 1.80. The topological polar surface area (TPSA) is 49.4 Å². The van der Waals surface area contributed by atoms with Crippen molar-refractivity contribution in [1.29, 1.82) is 0 Å². The summed E-state index contributed by atoms with van der Waals surface area (Å²) in [4.78, 5) is 26.1. The van der Waals surface area contributed by atoms with E-state index in [1.165, 1.54) is 17.5 Å². The lowest BCUT2D eigenvalue weighted by atomic mass is 9.94. The van der Waals surface area contributed by atoms with Crippen LogP contribution in [0.25, 0.3) is 0 Å². The average Bonchev–Trinajstić information content (AvgIpc) is 2.92. The minimum absolute atomic E-state index is 0.0186. The van der Waals surface area contributed by atoms with Crippen molar-refractivity contribution < 1.29 is 9.59 Å². The van der Waals surface area contributed by atoms with E-state index in [-0.39, 0.29) is 18.4 Å². The average molecular weight is 286 g/mol. The second-order valence-electron chi connectivity index (χ2n) is 6.35. The van der Waals surface area contributed by atoms with E-state index in [1.807, 2.05) is 13.8 Å². The fourth-order valence-electron chi connectivity index (χ4n) is 3.31. The Hall–Kier alpha value is -1.84. The normalized spacial score (nSPS) is 25.0. The smallest absolute Gasteiger partial charge is 0.248 e. The Morgan fingerprint density at radius 1 is 1.24 bits per heavy atom. The van der Waals surface area contributed by atoms with E-state index in [1.54, 1.807) is 4.90 Å². The number of carbonyl (C=O) groups is 2. The summed E-state index contributed by atoms with van der Waals surface area (Å²) in [6.45, 7) is 4.42. The van der Waals surface area contributed by atoms with E-state index in [9.17, 15) is 9.59 Å². The SMILES string of the molecule is CCC1(C)NC(=O)CN(Cc2ccc3c(c2)CCC3)C1=O. The molecule has 112 valence electrons. The van der Waals surface area contributed by atoms with E-state index in [4.69, 9.17) is 0 Å². The van der Waals surface area contributed by atoms with Crippen molar-refractivity contribution in [3.05, 3.63) is 34.9 Å². The fraction of sp³-hybridized carbons (Fsp3) is 0.529. The van der Waals surface area contributed by atoms with Gasteiger partial charge in [-0.05, 0) is 49.3 Å². The van der Waals surface area contributed by atoms with Gasteiger partial charge in [0.15, 0.2) is 0 Å². The number of benzene rings is 1. The summed E-state index contributed by atoms with van der Waals surface area (Å²) in [5.41, 5.74) is 3.20. The first-order valence-electron chi connectivity index (χ1n) is 7.73. The Morgan fingerprint density at radius 3 is 2.76 bits per heavy atom. The van der Waals surface area contributed by atoms with Gasteiger partial charge in [-0.2, -0.15) is 0 Å². The van der Waals surface area contributed by atoms with Gasteiger partial charge in [-0.1, -0.05) is 25.1 Å². The predicted molar refractivity (Wildman–Crippen MR) is 80.7 cm³/mol. The number of nitrogens with one attached hydrogen (secondary N) is 1. The molecular formula is C17H22N2O2. The molecular weight excluding hydrogens is 264 g/mol. The molecule has 21 heavy (non-hydrogen) atoms. The van der Waals surface area contributed by atoms with Crippen LogP contribution >= 0.6 is 0 Å². The van der Waals surface area contributed by atoms with Crippen molar-refractivity contribution in [1.82, 2.24) is 10.2 Å². The summed E-state index contributed by atoms with van der Waals surface area (Å²) >= 11 is 0. The molecule has 1 aliphatic heterocycles. The summed E-state index contributed by atoms with van der Waals surface area (Å²) in [6.07, 6.45) is 4.12. The molecule has 1 N–H and O–H groups in total. The molecule has 4 heteroatoms. The van der Waals surface area contributed by atoms with Crippen LogP contribution in [-0.2, 0) is 29.0 Å². The third-order valence-electron chi connectivity index (χ3n) is 4.75. The van der Waals surface area contributed by atoms with E-state index in [2.05, 4.69) is 23.5 Å². The monoisotopic (exact) mass is 286 g/mol. The van der Waals surface area contributed by atoms with Crippen LogP contribution in [0.5, 0.6) is 0 Å². The second-order valence-corrected chi connectivity index (χ2v) is 6.35. The quantitative estimate of drug-likeness (QED) is 0.921. The van der Waals surface area contributed by atoms with Crippen LogP contribution in [0, 0.1) is 0 Å². The fourth-order valence-corrected chi connectivity index (χ4v) is 3.31. The number of rotatable bonds is 3. The molecule has 0 saturated carbocycles. The van der Waals surface area contributed by atoms with Gasteiger partial charge >= 0.3 is 0 Å². The van der Waals surface area contributed by atoms with E-state index >= 15 is 0 Å². The van der Waals surface area contributed by atoms with Crippen molar-refractivity contribution in [2.45, 2.75) is 51.6 Å². The van der Waals surface area contributed by atoms with Crippen LogP contribution in [0.3, 0.4) is 0 Å². The van der Waals surface area contributed by atoms with Gasteiger partial charge in [0.25, 0.3) is 0 Å². The van der Waals surface area contributed by atoms with Crippen LogP contribution in [-0.4, -0.2) is 28.8 Å². The van der Waals surface area contributed by atoms with Gasteiger partial charge in [0.05, 0.1) is 6.54 Å². The molecule has 1 aromatic carbocycles. The molecule has 1 aromatic rings. The number of nitrogens with zero attached hydrogens (tertiary/aromatic N) is 1. The molecule has 1 atom stereocenters. The minimum atomic E-state index is -0.758. The molecule has 1 heterocycles. The van der Waals surface area contributed by atoms with Gasteiger partial charge in [0, 0.05) is 6.54 Å². The number of fused-ring (bicyclic) bond motifs is 1. The first kappa shape index (κ1) is 14.1.